The zero-order chi connectivity index (χ0) is 15.6. The molecule has 0 aliphatic rings. The molecule has 1 aromatic heterocycles. The van der Waals surface area contributed by atoms with Gasteiger partial charge in [0, 0.05) is 17.5 Å². The van der Waals surface area contributed by atoms with Crippen LogP contribution in [0.2, 0.25) is 0 Å². The van der Waals surface area contributed by atoms with Crippen LogP contribution in [0.1, 0.15) is 46.1 Å². The lowest BCUT2D eigenvalue weighted by Crippen LogP contribution is -2.48. The number of aromatic nitrogens is 2. The molecular formula is C14H23BN3O2. The lowest BCUT2D eigenvalue weighted by Gasteiger charge is -2.37. The first-order valence-electron chi connectivity index (χ1n) is 6.55. The third-order valence-corrected chi connectivity index (χ3v) is 3.40. The van der Waals surface area contributed by atoms with E-state index in [1.165, 1.54) is 7.48 Å². The molecule has 3 N–H and O–H groups in total. The highest BCUT2D eigenvalue weighted by Crippen LogP contribution is 2.24. The Morgan fingerprint density at radius 3 is 2.50 bits per heavy atom. The minimum Gasteiger partial charge on any atom is -0.425 e. The van der Waals surface area contributed by atoms with Crippen molar-refractivity contribution in [1.82, 2.24) is 9.97 Å². The lowest BCUT2D eigenvalue weighted by atomic mass is 9.84. The number of nitrogens with one attached hydrogen (secondary N) is 2. The van der Waals surface area contributed by atoms with Gasteiger partial charge in [-0.3, -0.25) is 0 Å². The van der Waals surface area contributed by atoms with E-state index in [1.807, 2.05) is 13.8 Å². The van der Waals surface area contributed by atoms with Crippen molar-refractivity contribution in [3.63, 3.8) is 0 Å². The van der Waals surface area contributed by atoms with Gasteiger partial charge >= 0.3 is 7.48 Å². The van der Waals surface area contributed by atoms with E-state index in [0.717, 1.165) is 17.1 Å². The monoisotopic (exact) mass is 276 g/mol. The van der Waals surface area contributed by atoms with Crippen molar-refractivity contribution >= 4 is 18.7 Å². The highest BCUT2D eigenvalue weighted by Gasteiger charge is 2.35. The highest BCUT2D eigenvalue weighted by atomic mass is 16.5. The van der Waals surface area contributed by atoms with Gasteiger partial charge in [0.25, 0.3) is 0 Å². The van der Waals surface area contributed by atoms with Crippen molar-refractivity contribution in [2.75, 3.05) is 0 Å². The van der Waals surface area contributed by atoms with E-state index in [2.05, 4.69) is 9.97 Å². The Bertz CT molecular complexity index is 513. The maximum absolute atomic E-state index is 9.98. The van der Waals surface area contributed by atoms with Gasteiger partial charge in [-0.1, -0.05) is 0 Å². The fourth-order valence-electron chi connectivity index (χ4n) is 1.30. The van der Waals surface area contributed by atoms with Gasteiger partial charge in [0.05, 0.1) is 11.2 Å². The summed E-state index contributed by atoms with van der Waals surface area (Å²) in [5.74, 6) is 0.738. The van der Waals surface area contributed by atoms with Crippen LogP contribution in [0.3, 0.4) is 0 Å². The molecule has 1 aromatic rings. The van der Waals surface area contributed by atoms with Gasteiger partial charge in [-0.2, -0.15) is 0 Å². The molecular weight excluding hydrogens is 253 g/mol. The average molecular weight is 276 g/mol. The second-order valence-corrected chi connectivity index (χ2v) is 6.00. The summed E-state index contributed by atoms with van der Waals surface area (Å²) in [6.07, 6.45) is 3.41. The van der Waals surface area contributed by atoms with Gasteiger partial charge in [-0.15, -0.1) is 0 Å². The number of nitrogens with zero attached hydrogens (tertiary/aromatic N) is 1. The number of aromatic amines is 1. The smallest absolute Gasteiger partial charge is 0.350 e. The summed E-state index contributed by atoms with van der Waals surface area (Å²) in [6.45, 7) is 10.7. The number of rotatable bonds is 6. The molecule has 0 aliphatic heterocycles. The third kappa shape index (κ3) is 4.32. The van der Waals surface area contributed by atoms with Crippen molar-refractivity contribution < 1.29 is 9.76 Å². The summed E-state index contributed by atoms with van der Waals surface area (Å²) in [7, 11) is 1.34. The van der Waals surface area contributed by atoms with Crippen LogP contribution in [-0.4, -0.2) is 39.4 Å². The first kappa shape index (κ1) is 16.7. The van der Waals surface area contributed by atoms with Gasteiger partial charge in [-0.05, 0) is 53.2 Å². The van der Waals surface area contributed by atoms with E-state index in [-0.39, 0.29) is 5.61 Å². The number of allylic oxidation sites excluding steroid dienone is 2. The SMILES string of the molecule is C/C(=C/C(=N)[B]OC(C)(C)C(C)(C)O)c1ncc(C)[nH]1. The maximum Gasteiger partial charge on any atom is 0.350 e. The summed E-state index contributed by atoms with van der Waals surface area (Å²) in [4.78, 5) is 7.31. The molecule has 109 valence electrons. The molecule has 20 heavy (non-hydrogen) atoms. The van der Waals surface area contributed by atoms with E-state index >= 15 is 0 Å². The topological polar surface area (TPSA) is 82.0 Å². The molecule has 1 rings (SSSR count). The standard InChI is InChI=1S/C14H23BN3O2/c1-9(12-17-8-10(2)18-12)7-11(16)15-20-14(5,6)13(3,4)19/h7-8,16,19H,1-6H3,(H,17,18)/b9-7-,16-11?. The van der Waals surface area contributed by atoms with Crippen LogP contribution in [-0.2, 0) is 4.65 Å². The predicted molar refractivity (Wildman–Crippen MR) is 81.9 cm³/mol. The number of aliphatic hydroxyl groups is 1. The summed E-state index contributed by atoms with van der Waals surface area (Å²) >= 11 is 0. The largest absolute Gasteiger partial charge is 0.425 e. The molecule has 0 bridgehead atoms. The lowest BCUT2D eigenvalue weighted by molar-refractivity contribution is -0.0890. The Labute approximate surface area is 121 Å². The molecule has 0 fully saturated rings. The average Bonchev–Trinajstić information content (AvgIpc) is 2.72. The van der Waals surface area contributed by atoms with E-state index in [0.29, 0.717) is 0 Å². The summed E-state index contributed by atoms with van der Waals surface area (Å²) in [6, 6.07) is 0. The van der Waals surface area contributed by atoms with E-state index < -0.39 is 11.2 Å². The fraction of sp³-hybridized carbons (Fsp3) is 0.571. The predicted octanol–water partition coefficient (Wildman–Crippen LogP) is 2.28. The Hall–Kier alpha value is -1.40. The Kier molecular flexibility index (Phi) is 4.94. The van der Waals surface area contributed by atoms with Crippen molar-refractivity contribution in [1.29, 1.82) is 5.41 Å². The molecule has 0 atom stereocenters. The molecule has 0 spiro atoms. The number of H-pyrrole nitrogens is 1. The molecule has 5 nitrogen and oxygen atoms in total. The van der Waals surface area contributed by atoms with E-state index in [1.54, 1.807) is 40.0 Å². The number of hydrogen-bond acceptors (Lipinski definition) is 4. The molecule has 0 unspecified atom stereocenters. The minimum absolute atomic E-state index is 0.217. The van der Waals surface area contributed by atoms with Gasteiger partial charge < -0.3 is 20.2 Å². The van der Waals surface area contributed by atoms with E-state index in [4.69, 9.17) is 10.1 Å². The fourth-order valence-corrected chi connectivity index (χ4v) is 1.30. The van der Waals surface area contributed by atoms with Crippen LogP contribution in [0.5, 0.6) is 0 Å². The van der Waals surface area contributed by atoms with Crippen molar-refractivity contribution in [2.45, 2.75) is 52.7 Å². The molecule has 6 heteroatoms. The normalized spacial score (nSPS) is 13.4. The summed E-state index contributed by atoms with van der Waals surface area (Å²) in [5, 5.41) is 17.9. The maximum atomic E-state index is 9.98. The number of hydrogen-bond donors (Lipinski definition) is 3. The first-order chi connectivity index (χ1) is 9.03. The minimum atomic E-state index is -0.999. The second kappa shape index (κ2) is 5.93. The molecule has 0 saturated heterocycles. The number of aryl methyl sites for hydroxylation is 1. The van der Waals surface area contributed by atoms with Crippen LogP contribution in [0.25, 0.3) is 5.57 Å². The Balaban J connectivity index is 2.65. The van der Waals surface area contributed by atoms with Crippen LogP contribution in [0.15, 0.2) is 12.3 Å². The molecule has 0 amide bonds. The van der Waals surface area contributed by atoms with E-state index in [9.17, 15) is 5.11 Å². The summed E-state index contributed by atoms with van der Waals surface area (Å²) < 4.78 is 5.52. The highest BCUT2D eigenvalue weighted by molar-refractivity contribution is 6.73. The van der Waals surface area contributed by atoms with Crippen LogP contribution < -0.4 is 0 Å². The quantitative estimate of drug-likeness (QED) is 0.550. The van der Waals surface area contributed by atoms with Crippen molar-refractivity contribution in [3.8, 4) is 0 Å². The van der Waals surface area contributed by atoms with Gasteiger partial charge in [0.15, 0.2) is 0 Å². The Morgan fingerprint density at radius 2 is 2.05 bits per heavy atom. The molecule has 0 aliphatic carbocycles. The number of imidazole rings is 1. The second-order valence-electron chi connectivity index (χ2n) is 6.00. The van der Waals surface area contributed by atoms with Gasteiger partial charge in [0.1, 0.15) is 5.82 Å². The van der Waals surface area contributed by atoms with Crippen LogP contribution >= 0.6 is 0 Å². The van der Waals surface area contributed by atoms with Crippen molar-refractivity contribution in [2.24, 2.45) is 0 Å². The molecule has 1 heterocycles. The Morgan fingerprint density at radius 1 is 1.45 bits per heavy atom. The summed E-state index contributed by atoms with van der Waals surface area (Å²) in [5.41, 5.74) is 0.267. The molecule has 1 radical (unpaired) electrons. The van der Waals surface area contributed by atoms with Crippen LogP contribution in [0, 0.1) is 12.3 Å². The van der Waals surface area contributed by atoms with Crippen molar-refractivity contribution in [3.05, 3.63) is 23.8 Å². The molecule has 0 saturated carbocycles. The molecule has 0 aromatic carbocycles. The zero-order valence-electron chi connectivity index (χ0n) is 13.0. The van der Waals surface area contributed by atoms with Gasteiger partial charge in [-0.25, -0.2) is 4.98 Å². The van der Waals surface area contributed by atoms with Crippen LogP contribution in [0.4, 0.5) is 0 Å². The van der Waals surface area contributed by atoms with Gasteiger partial charge in [0.2, 0.25) is 0 Å². The first-order valence-corrected chi connectivity index (χ1v) is 6.55. The third-order valence-electron chi connectivity index (χ3n) is 3.40. The zero-order valence-corrected chi connectivity index (χ0v) is 13.0.